The molecule has 2 atom stereocenters. The maximum absolute atomic E-state index is 12.5. The van der Waals surface area contributed by atoms with Crippen molar-refractivity contribution >= 4 is 30.4 Å². The van der Waals surface area contributed by atoms with E-state index in [1.54, 1.807) is 51.8 Å². The molecular formula is C39H49ClN4O8. The molecular weight excluding hydrogens is 688 g/mol. The Bertz CT molecular complexity index is 1960. The van der Waals surface area contributed by atoms with Gasteiger partial charge in [-0.25, -0.2) is 9.59 Å². The van der Waals surface area contributed by atoms with E-state index >= 15 is 0 Å². The van der Waals surface area contributed by atoms with Crippen molar-refractivity contribution in [1.29, 1.82) is 0 Å². The van der Waals surface area contributed by atoms with Crippen molar-refractivity contribution in [3.63, 3.8) is 0 Å². The van der Waals surface area contributed by atoms with Crippen LogP contribution in [0.25, 0.3) is 22.3 Å². The smallest absolute Gasteiger partial charge is 0.408 e. The van der Waals surface area contributed by atoms with Crippen molar-refractivity contribution < 1.29 is 28.6 Å². The van der Waals surface area contributed by atoms with Gasteiger partial charge in [-0.1, -0.05) is 48.5 Å². The molecule has 2 heterocycles. The maximum Gasteiger partial charge on any atom is 0.408 e. The van der Waals surface area contributed by atoms with E-state index in [0.717, 1.165) is 33.4 Å². The standard InChI is InChI=1S/C22H28N2O5.C17H20N2O3.ClH/c1-14-11-12-24(5)19(25)18(14)16-9-7-15(8-10-16)13-17(20(26)28-6)23-21(27)29-22(2,3)4;1-11-8-9-19(2)16(20)15(11)13-6-4-12(5-7-13)10-14(18)17(21)22-3;/h7-12,17H,13H2,1-6H3,(H,23,27);4-9,14H,10,18H2,1-3H3;1H. The molecule has 3 N–H and O–H groups in total. The number of methoxy groups -OCH3 is 2. The van der Waals surface area contributed by atoms with Gasteiger partial charge in [-0.15, -0.1) is 12.4 Å². The quantitative estimate of drug-likeness (QED) is 0.182. The lowest BCUT2D eigenvalue weighted by molar-refractivity contribution is -0.143. The minimum Gasteiger partial charge on any atom is -0.468 e. The molecule has 0 spiro atoms. The molecule has 1 amide bonds. The Balaban J connectivity index is 0.000000366. The van der Waals surface area contributed by atoms with Gasteiger partial charge in [-0.3, -0.25) is 14.4 Å². The lowest BCUT2D eigenvalue weighted by Gasteiger charge is -2.22. The van der Waals surface area contributed by atoms with Crippen LogP contribution in [0.2, 0.25) is 0 Å². The largest absolute Gasteiger partial charge is 0.468 e. The molecule has 0 aliphatic carbocycles. The lowest BCUT2D eigenvalue weighted by atomic mass is 9.99. The minimum atomic E-state index is -0.882. The van der Waals surface area contributed by atoms with Crippen molar-refractivity contribution in [2.75, 3.05) is 14.2 Å². The second kappa shape index (κ2) is 18.9. The summed E-state index contributed by atoms with van der Waals surface area (Å²) < 4.78 is 17.7. The zero-order valence-corrected chi connectivity index (χ0v) is 32.0. The monoisotopic (exact) mass is 736 g/mol. The van der Waals surface area contributed by atoms with Gasteiger partial charge in [0.05, 0.1) is 25.3 Å². The van der Waals surface area contributed by atoms with Crippen LogP contribution in [-0.2, 0) is 50.7 Å². The number of halogens is 1. The molecule has 0 aliphatic heterocycles. The number of hydrogen-bond donors (Lipinski definition) is 2. The highest BCUT2D eigenvalue weighted by Crippen LogP contribution is 2.22. The van der Waals surface area contributed by atoms with Gasteiger partial charge in [0, 0.05) is 32.9 Å². The van der Waals surface area contributed by atoms with Crippen molar-refractivity contribution in [2.24, 2.45) is 19.8 Å². The summed E-state index contributed by atoms with van der Waals surface area (Å²) in [5.74, 6) is -0.996. The van der Waals surface area contributed by atoms with E-state index in [1.807, 2.05) is 74.5 Å². The topological polar surface area (TPSA) is 161 Å². The van der Waals surface area contributed by atoms with E-state index in [2.05, 4.69) is 10.1 Å². The number of nitrogens with one attached hydrogen (secondary N) is 1. The summed E-state index contributed by atoms with van der Waals surface area (Å²) in [7, 11) is 6.03. The second-order valence-corrected chi connectivity index (χ2v) is 13.2. The number of benzene rings is 2. The highest BCUT2D eigenvalue weighted by atomic mass is 35.5. The summed E-state index contributed by atoms with van der Waals surface area (Å²) in [6, 6.07) is 17.1. The SMILES string of the molecule is COC(=O)C(Cc1ccc(-c2c(C)ccn(C)c2=O)cc1)NC(=O)OC(C)(C)C.COC(=O)C(N)Cc1ccc(-c2c(C)ccn(C)c2=O)cc1.Cl. The predicted octanol–water partition coefficient (Wildman–Crippen LogP) is 4.79. The zero-order chi connectivity index (χ0) is 38.0. The molecule has 4 rings (SSSR count). The third kappa shape index (κ3) is 11.7. The Hall–Kier alpha value is -5.20. The summed E-state index contributed by atoms with van der Waals surface area (Å²) in [6.07, 6.45) is 3.44. The van der Waals surface area contributed by atoms with Crippen molar-refractivity contribution in [3.8, 4) is 22.3 Å². The molecule has 4 aromatic rings. The number of nitrogens with two attached hydrogens (primary N) is 1. The molecule has 280 valence electrons. The fraction of sp³-hybridized carbons (Fsp3) is 0.359. The first-order valence-electron chi connectivity index (χ1n) is 16.4. The van der Waals surface area contributed by atoms with Crippen molar-refractivity contribution in [1.82, 2.24) is 14.5 Å². The summed E-state index contributed by atoms with van der Waals surface area (Å²) >= 11 is 0. The van der Waals surface area contributed by atoms with E-state index in [4.69, 9.17) is 15.2 Å². The van der Waals surface area contributed by atoms with E-state index in [9.17, 15) is 24.0 Å². The summed E-state index contributed by atoms with van der Waals surface area (Å²) in [5, 5.41) is 2.56. The molecule has 0 saturated heterocycles. The zero-order valence-electron chi connectivity index (χ0n) is 31.1. The molecule has 2 aromatic heterocycles. The van der Waals surface area contributed by atoms with Crippen LogP contribution in [0.1, 0.15) is 43.0 Å². The third-order valence-electron chi connectivity index (χ3n) is 8.01. The number of rotatable bonds is 9. The molecule has 0 radical (unpaired) electrons. The van der Waals surface area contributed by atoms with Crippen LogP contribution < -0.4 is 22.2 Å². The third-order valence-corrected chi connectivity index (χ3v) is 8.01. The molecule has 13 heteroatoms. The van der Waals surface area contributed by atoms with E-state index in [0.29, 0.717) is 17.5 Å². The van der Waals surface area contributed by atoms with E-state index in [-0.39, 0.29) is 29.9 Å². The fourth-order valence-electron chi connectivity index (χ4n) is 5.27. The number of ether oxygens (including phenoxy) is 3. The number of esters is 2. The number of aromatic nitrogens is 2. The number of hydrogen-bond acceptors (Lipinski definition) is 9. The van der Waals surface area contributed by atoms with Crippen molar-refractivity contribution in [2.45, 2.75) is 65.1 Å². The Morgan fingerprint density at radius 3 is 1.50 bits per heavy atom. The van der Waals surface area contributed by atoms with Gasteiger partial charge < -0.3 is 34.4 Å². The van der Waals surface area contributed by atoms with Crippen LogP contribution in [-0.4, -0.2) is 59.1 Å². The van der Waals surface area contributed by atoms with Crippen LogP contribution in [0, 0.1) is 13.8 Å². The van der Waals surface area contributed by atoms with Gasteiger partial charge in [0.2, 0.25) is 0 Å². The first-order valence-corrected chi connectivity index (χ1v) is 16.4. The first kappa shape index (κ1) is 43.0. The Morgan fingerprint density at radius 1 is 0.712 bits per heavy atom. The average molecular weight is 737 g/mol. The summed E-state index contributed by atoms with van der Waals surface area (Å²) in [5.41, 5.74) is 11.5. The number of carbonyl (C=O) groups is 3. The molecule has 0 fully saturated rings. The highest BCUT2D eigenvalue weighted by Gasteiger charge is 2.25. The van der Waals surface area contributed by atoms with Crippen LogP contribution in [0.4, 0.5) is 4.79 Å². The van der Waals surface area contributed by atoms with Gasteiger partial charge in [0.25, 0.3) is 11.1 Å². The Morgan fingerprint density at radius 2 is 1.12 bits per heavy atom. The number of nitrogens with zero attached hydrogens (tertiary/aromatic N) is 2. The molecule has 2 aromatic carbocycles. The number of carbonyl (C=O) groups excluding carboxylic acids is 3. The molecule has 12 nitrogen and oxygen atoms in total. The second-order valence-electron chi connectivity index (χ2n) is 13.2. The lowest BCUT2D eigenvalue weighted by Crippen LogP contribution is -2.45. The average Bonchev–Trinajstić information content (AvgIpc) is 3.08. The van der Waals surface area contributed by atoms with Crippen molar-refractivity contribution in [3.05, 3.63) is 116 Å². The van der Waals surface area contributed by atoms with Crippen LogP contribution in [0.5, 0.6) is 0 Å². The maximum atomic E-state index is 12.5. The molecule has 0 aliphatic rings. The molecule has 52 heavy (non-hydrogen) atoms. The Kier molecular flexibility index (Phi) is 15.6. The molecule has 2 unspecified atom stereocenters. The number of amides is 1. The fourth-order valence-corrected chi connectivity index (χ4v) is 5.27. The van der Waals surface area contributed by atoms with Gasteiger partial charge in [-0.05, 0) is 86.6 Å². The van der Waals surface area contributed by atoms with Gasteiger partial charge >= 0.3 is 18.0 Å². The first-order chi connectivity index (χ1) is 23.9. The Labute approximate surface area is 310 Å². The molecule has 0 bridgehead atoms. The number of pyridine rings is 2. The molecule has 0 saturated carbocycles. The predicted molar refractivity (Wildman–Crippen MR) is 204 cm³/mol. The van der Waals surface area contributed by atoms with Crippen LogP contribution in [0.15, 0.2) is 82.6 Å². The normalized spacial score (nSPS) is 11.9. The number of alkyl carbamates (subject to hydrolysis) is 1. The van der Waals surface area contributed by atoms with Gasteiger partial charge in [0.1, 0.15) is 17.7 Å². The summed E-state index contributed by atoms with van der Waals surface area (Å²) in [6.45, 7) is 9.04. The number of aryl methyl sites for hydroxylation is 4. The van der Waals surface area contributed by atoms with Crippen LogP contribution in [0.3, 0.4) is 0 Å². The highest BCUT2D eigenvalue weighted by molar-refractivity contribution is 5.85. The minimum absolute atomic E-state index is 0. The van der Waals surface area contributed by atoms with Crippen LogP contribution >= 0.6 is 12.4 Å². The van der Waals surface area contributed by atoms with Gasteiger partial charge in [0.15, 0.2) is 0 Å². The van der Waals surface area contributed by atoms with Gasteiger partial charge in [-0.2, -0.15) is 0 Å². The van der Waals surface area contributed by atoms with E-state index in [1.165, 1.54) is 18.8 Å². The summed E-state index contributed by atoms with van der Waals surface area (Å²) in [4.78, 5) is 60.2. The van der Waals surface area contributed by atoms with E-state index < -0.39 is 35.7 Å².